The van der Waals surface area contributed by atoms with Crippen molar-refractivity contribution in [1.29, 1.82) is 5.26 Å². The van der Waals surface area contributed by atoms with Crippen LogP contribution in [0, 0.1) is 11.3 Å². The van der Waals surface area contributed by atoms with Crippen LogP contribution < -0.4 is 4.90 Å². The Morgan fingerprint density at radius 3 is 2.30 bits per heavy atom. The number of aromatic nitrogens is 4. The third kappa shape index (κ3) is 4.86. The van der Waals surface area contributed by atoms with Gasteiger partial charge < -0.3 is 4.90 Å². The first-order valence-corrected chi connectivity index (χ1v) is 12.7. The number of amides is 1. The number of hydrogen-bond donors (Lipinski definition) is 0. The largest absolute Gasteiger partial charge is 0.505 e. The van der Waals surface area contributed by atoms with Crippen molar-refractivity contribution in [1.82, 2.24) is 24.6 Å². The molecule has 0 saturated carbocycles. The maximum atomic E-state index is 13.5. The first-order valence-electron chi connectivity index (χ1n) is 10.9. The van der Waals surface area contributed by atoms with E-state index in [1.165, 1.54) is 49.2 Å². The molecule has 210 valence electrons. The molecule has 0 spiro atoms. The van der Waals surface area contributed by atoms with Gasteiger partial charge in [-0.1, -0.05) is 6.07 Å². The molecule has 3 heterocycles. The summed E-state index contributed by atoms with van der Waals surface area (Å²) in [6.07, 6.45) is -2.84. The summed E-state index contributed by atoms with van der Waals surface area (Å²) in [7, 11) is -5.76. The quantitative estimate of drug-likeness (QED) is 0.317. The van der Waals surface area contributed by atoms with Crippen molar-refractivity contribution >= 4 is 38.8 Å². The van der Waals surface area contributed by atoms with Crippen molar-refractivity contribution in [3.8, 4) is 11.9 Å². The fraction of sp³-hybridized carbons (Fsp3) is 0.273. The number of carbonyl (C=O) groups is 1. The smallest absolute Gasteiger partial charge is 0.330 e. The minimum atomic E-state index is -5.76. The summed E-state index contributed by atoms with van der Waals surface area (Å²) in [5.41, 5.74) is -8.48. The molecule has 0 atom stereocenters. The number of pyridine rings is 1. The monoisotopic (exact) mass is 603 g/mol. The first-order chi connectivity index (χ1) is 18.4. The van der Waals surface area contributed by atoms with Crippen LogP contribution in [0.25, 0.3) is 5.82 Å². The van der Waals surface area contributed by atoms with E-state index in [1.54, 1.807) is 0 Å². The number of nitrogens with zero attached hydrogens (tertiary/aromatic N) is 7. The zero-order chi connectivity index (χ0) is 29.8. The summed E-state index contributed by atoms with van der Waals surface area (Å²) >= 11 is 5.43. The van der Waals surface area contributed by atoms with E-state index in [2.05, 4.69) is 15.1 Å². The molecule has 1 amide bonds. The standard InChI is InChI=1S/C22H15F6N7O3S2/c1-20(2)17(36)35(14-5-4-13(8-29)15(7-14)21(23,24)25)19(39)33(20)10-12-3-6-16(30-9-12)34-11-31-18(32-34)40(37,38)22(26,27)28/h3-7,9,11H,10H2,1-2H3. The molecule has 0 radical (unpaired) electrons. The van der Waals surface area contributed by atoms with Crippen LogP contribution in [0.15, 0.2) is 48.0 Å². The highest BCUT2D eigenvalue weighted by Crippen LogP contribution is 2.38. The van der Waals surface area contributed by atoms with Gasteiger partial charge in [-0.3, -0.25) is 9.69 Å². The number of rotatable bonds is 5. The predicted molar refractivity (Wildman–Crippen MR) is 128 cm³/mol. The van der Waals surface area contributed by atoms with Crippen LogP contribution in [0.1, 0.15) is 30.5 Å². The highest BCUT2D eigenvalue weighted by atomic mass is 32.2. The number of sulfone groups is 1. The summed E-state index contributed by atoms with van der Waals surface area (Å²) in [6.45, 7) is 2.97. The van der Waals surface area contributed by atoms with Crippen molar-refractivity contribution in [3.05, 3.63) is 59.5 Å². The average Bonchev–Trinajstić information content (AvgIpc) is 3.42. The van der Waals surface area contributed by atoms with E-state index in [1.807, 2.05) is 0 Å². The second-order valence-electron chi connectivity index (χ2n) is 8.85. The maximum Gasteiger partial charge on any atom is 0.505 e. The van der Waals surface area contributed by atoms with Crippen molar-refractivity contribution in [2.24, 2.45) is 0 Å². The number of thiocarbonyl (C=S) groups is 1. The number of anilines is 1. The van der Waals surface area contributed by atoms with Crippen molar-refractivity contribution < 1.29 is 39.6 Å². The van der Waals surface area contributed by atoms with Crippen LogP contribution in [0.2, 0.25) is 0 Å². The van der Waals surface area contributed by atoms with Gasteiger partial charge in [-0.05, 0) is 55.9 Å². The molecule has 1 aliphatic heterocycles. The van der Waals surface area contributed by atoms with Crippen LogP contribution in [0.5, 0.6) is 0 Å². The molecule has 4 rings (SSSR count). The van der Waals surface area contributed by atoms with Gasteiger partial charge in [-0.25, -0.2) is 23.1 Å². The Morgan fingerprint density at radius 2 is 1.75 bits per heavy atom. The fourth-order valence-corrected chi connectivity index (χ4v) is 4.81. The Labute approximate surface area is 227 Å². The molecular formula is C22H15F6N7O3S2. The van der Waals surface area contributed by atoms with E-state index < -0.39 is 49.3 Å². The predicted octanol–water partition coefficient (Wildman–Crippen LogP) is 3.76. The molecule has 10 nitrogen and oxygen atoms in total. The number of halogens is 6. The Morgan fingerprint density at radius 1 is 1.07 bits per heavy atom. The molecule has 2 aromatic heterocycles. The number of carbonyl (C=O) groups excluding carboxylic acids is 1. The molecule has 1 saturated heterocycles. The second kappa shape index (κ2) is 9.52. The fourth-order valence-electron chi connectivity index (χ4n) is 3.75. The molecule has 0 aliphatic carbocycles. The molecule has 18 heteroatoms. The Balaban J connectivity index is 1.59. The molecule has 0 N–H and O–H groups in total. The summed E-state index contributed by atoms with van der Waals surface area (Å²) in [5, 5.41) is 10.8. The molecular weight excluding hydrogens is 588 g/mol. The summed E-state index contributed by atoms with van der Waals surface area (Å²) in [4.78, 5) is 22.8. The number of benzene rings is 1. The lowest BCUT2D eigenvalue weighted by molar-refractivity contribution is -0.137. The zero-order valence-electron chi connectivity index (χ0n) is 20.2. The first kappa shape index (κ1) is 28.9. The van der Waals surface area contributed by atoms with Gasteiger partial charge in [-0.15, -0.1) is 5.10 Å². The van der Waals surface area contributed by atoms with Crippen LogP contribution >= 0.6 is 12.2 Å². The van der Waals surface area contributed by atoms with Crippen LogP contribution in [0.4, 0.5) is 32.0 Å². The summed E-state index contributed by atoms with van der Waals surface area (Å²) in [5.74, 6) is -0.695. The molecule has 0 unspecified atom stereocenters. The lowest BCUT2D eigenvalue weighted by atomic mass is 10.0. The van der Waals surface area contributed by atoms with Gasteiger partial charge in [0.1, 0.15) is 11.9 Å². The Hall–Kier alpha value is -4.11. The van der Waals surface area contributed by atoms with Gasteiger partial charge in [0, 0.05) is 12.7 Å². The van der Waals surface area contributed by atoms with E-state index in [0.29, 0.717) is 11.6 Å². The highest BCUT2D eigenvalue weighted by molar-refractivity contribution is 7.92. The van der Waals surface area contributed by atoms with E-state index in [0.717, 1.165) is 22.0 Å². The van der Waals surface area contributed by atoms with Crippen molar-refractivity contribution in [2.75, 3.05) is 4.90 Å². The van der Waals surface area contributed by atoms with E-state index in [9.17, 15) is 39.6 Å². The number of nitriles is 1. The summed E-state index contributed by atoms with van der Waals surface area (Å²) < 4.78 is 102. The molecule has 1 aromatic carbocycles. The molecule has 3 aromatic rings. The minimum Gasteiger partial charge on any atom is -0.330 e. The zero-order valence-corrected chi connectivity index (χ0v) is 21.8. The highest BCUT2D eigenvalue weighted by Gasteiger charge is 2.51. The molecule has 40 heavy (non-hydrogen) atoms. The maximum absolute atomic E-state index is 13.5. The van der Waals surface area contributed by atoms with E-state index in [4.69, 9.17) is 17.5 Å². The van der Waals surface area contributed by atoms with Gasteiger partial charge in [0.25, 0.3) is 11.1 Å². The SMILES string of the molecule is CC1(C)C(=O)N(c2ccc(C#N)c(C(F)(F)F)c2)C(=S)N1Cc1ccc(-n2cnc(S(=O)(=O)C(F)(F)F)n2)nc1. The number of alkyl halides is 6. The molecule has 1 aliphatic rings. The topological polar surface area (TPSA) is 125 Å². The van der Waals surface area contributed by atoms with Crippen LogP contribution in [-0.4, -0.2) is 55.1 Å². The normalized spacial score (nSPS) is 16.0. The van der Waals surface area contributed by atoms with E-state index >= 15 is 0 Å². The van der Waals surface area contributed by atoms with Crippen molar-refractivity contribution in [3.63, 3.8) is 0 Å². The van der Waals surface area contributed by atoms with Gasteiger partial charge in [0.05, 0.1) is 22.9 Å². The van der Waals surface area contributed by atoms with Gasteiger partial charge in [-0.2, -0.15) is 31.6 Å². The summed E-state index contributed by atoms with van der Waals surface area (Å²) in [6, 6.07) is 7.02. The Kier molecular flexibility index (Phi) is 6.87. The van der Waals surface area contributed by atoms with Gasteiger partial charge in [0.2, 0.25) is 0 Å². The average molecular weight is 604 g/mol. The third-order valence-electron chi connectivity index (χ3n) is 5.91. The Bertz CT molecular complexity index is 1660. The van der Waals surface area contributed by atoms with Gasteiger partial charge >= 0.3 is 21.5 Å². The van der Waals surface area contributed by atoms with Crippen molar-refractivity contribution in [2.45, 2.75) is 42.8 Å². The third-order valence-corrected chi connectivity index (χ3v) is 7.59. The lowest BCUT2D eigenvalue weighted by Gasteiger charge is -2.29. The molecule has 1 fully saturated rings. The van der Waals surface area contributed by atoms with Crippen LogP contribution in [-0.2, 0) is 27.4 Å². The second-order valence-corrected chi connectivity index (χ2v) is 11.1. The molecule has 0 bridgehead atoms. The van der Waals surface area contributed by atoms with E-state index in [-0.39, 0.29) is 23.2 Å². The number of hydrogen-bond acceptors (Lipinski definition) is 8. The lowest BCUT2D eigenvalue weighted by Crippen LogP contribution is -2.43. The minimum absolute atomic E-state index is 0.0468. The van der Waals surface area contributed by atoms with Crippen LogP contribution in [0.3, 0.4) is 0 Å². The van der Waals surface area contributed by atoms with Gasteiger partial charge in [0.15, 0.2) is 10.9 Å².